The monoisotopic (exact) mass is 298 g/mol. The van der Waals surface area contributed by atoms with Crippen LogP contribution in [0.1, 0.15) is 11.3 Å². The number of aromatic nitrogens is 2. The van der Waals surface area contributed by atoms with E-state index in [2.05, 4.69) is 38.0 Å². The molecule has 0 radical (unpaired) electrons. The summed E-state index contributed by atoms with van der Waals surface area (Å²) in [6.07, 6.45) is 1.86. The molecule has 2 aromatic heterocycles. The topological polar surface area (TPSA) is 41.5 Å². The summed E-state index contributed by atoms with van der Waals surface area (Å²) in [6.45, 7) is 6.28. The summed E-state index contributed by atoms with van der Waals surface area (Å²) in [6, 6.07) is 10.3. The molecule has 0 saturated heterocycles. The van der Waals surface area contributed by atoms with Gasteiger partial charge in [-0.15, -0.1) is 0 Å². The molecule has 1 aliphatic rings. The van der Waals surface area contributed by atoms with E-state index in [-0.39, 0.29) is 0 Å². The normalized spacial score (nSPS) is 14.6. The molecular formula is C17H22N4O. The van der Waals surface area contributed by atoms with E-state index in [0.717, 1.165) is 43.5 Å². The number of hydrogen-bond donors (Lipinski definition) is 0. The van der Waals surface area contributed by atoms with Crippen LogP contribution in [0.4, 0.5) is 11.6 Å². The standard InChI is InChI=1S/C17H22N4O/c1-14-5-3-7-16(19-14)21-10-9-20(11-12-22-2)17-15(13-21)6-4-8-18-17/h3-8H,9-13H2,1-2H3. The SMILES string of the molecule is COCCN1CCN(c2cccc(C)n2)Cc2cccnc21. The lowest BCUT2D eigenvalue weighted by molar-refractivity contribution is 0.205. The zero-order chi connectivity index (χ0) is 15.4. The molecule has 0 spiro atoms. The molecule has 0 fully saturated rings. The van der Waals surface area contributed by atoms with Crippen LogP contribution in [0, 0.1) is 6.92 Å². The maximum absolute atomic E-state index is 5.23. The van der Waals surface area contributed by atoms with Crippen LogP contribution in [-0.4, -0.2) is 43.3 Å². The van der Waals surface area contributed by atoms with E-state index in [1.807, 2.05) is 25.3 Å². The van der Waals surface area contributed by atoms with Crippen molar-refractivity contribution in [3.05, 3.63) is 47.8 Å². The molecule has 0 aromatic carbocycles. The Morgan fingerprint density at radius 2 is 2.09 bits per heavy atom. The van der Waals surface area contributed by atoms with E-state index in [0.29, 0.717) is 6.61 Å². The van der Waals surface area contributed by atoms with Crippen molar-refractivity contribution in [3.63, 3.8) is 0 Å². The Bertz CT molecular complexity index is 632. The van der Waals surface area contributed by atoms with Gasteiger partial charge in [-0.25, -0.2) is 9.97 Å². The quantitative estimate of drug-likeness (QED) is 0.866. The Hall–Kier alpha value is -2.14. The third kappa shape index (κ3) is 3.20. The number of aryl methyl sites for hydroxylation is 1. The Labute approximate surface area is 131 Å². The number of anilines is 2. The minimum absolute atomic E-state index is 0.707. The third-order valence-electron chi connectivity index (χ3n) is 3.93. The summed E-state index contributed by atoms with van der Waals surface area (Å²) in [7, 11) is 1.74. The maximum atomic E-state index is 5.23. The summed E-state index contributed by atoms with van der Waals surface area (Å²) in [5, 5.41) is 0. The maximum Gasteiger partial charge on any atom is 0.133 e. The lowest BCUT2D eigenvalue weighted by Crippen LogP contribution is -2.34. The van der Waals surface area contributed by atoms with Crippen LogP contribution in [0.3, 0.4) is 0 Å². The number of ether oxygens (including phenoxy) is 1. The highest BCUT2D eigenvalue weighted by Crippen LogP contribution is 2.25. The van der Waals surface area contributed by atoms with Crippen molar-refractivity contribution >= 4 is 11.6 Å². The minimum atomic E-state index is 0.707. The second-order valence-electron chi connectivity index (χ2n) is 5.52. The van der Waals surface area contributed by atoms with Gasteiger partial charge in [0.25, 0.3) is 0 Å². The molecular weight excluding hydrogens is 276 g/mol. The predicted octanol–water partition coefficient (Wildman–Crippen LogP) is 2.26. The molecule has 5 nitrogen and oxygen atoms in total. The molecule has 116 valence electrons. The van der Waals surface area contributed by atoms with E-state index >= 15 is 0 Å². The summed E-state index contributed by atoms with van der Waals surface area (Å²) in [5.41, 5.74) is 2.28. The van der Waals surface area contributed by atoms with Gasteiger partial charge in [0.1, 0.15) is 11.6 Å². The van der Waals surface area contributed by atoms with Crippen LogP contribution in [-0.2, 0) is 11.3 Å². The van der Waals surface area contributed by atoms with Gasteiger partial charge in [-0.3, -0.25) is 0 Å². The Kier molecular flexibility index (Phi) is 4.53. The van der Waals surface area contributed by atoms with Crippen molar-refractivity contribution in [3.8, 4) is 0 Å². The van der Waals surface area contributed by atoms with Crippen LogP contribution < -0.4 is 9.80 Å². The second-order valence-corrected chi connectivity index (χ2v) is 5.52. The molecule has 1 aliphatic heterocycles. The van der Waals surface area contributed by atoms with Crippen LogP contribution in [0.5, 0.6) is 0 Å². The van der Waals surface area contributed by atoms with Gasteiger partial charge in [-0.1, -0.05) is 12.1 Å². The van der Waals surface area contributed by atoms with Gasteiger partial charge in [-0.05, 0) is 25.1 Å². The van der Waals surface area contributed by atoms with Crippen LogP contribution in [0.15, 0.2) is 36.5 Å². The van der Waals surface area contributed by atoms with Crippen molar-refractivity contribution in [2.45, 2.75) is 13.5 Å². The average Bonchev–Trinajstić information content (AvgIpc) is 2.72. The van der Waals surface area contributed by atoms with Gasteiger partial charge in [0.05, 0.1) is 6.61 Å². The lowest BCUT2D eigenvalue weighted by Gasteiger charge is -2.24. The van der Waals surface area contributed by atoms with Gasteiger partial charge < -0.3 is 14.5 Å². The second kappa shape index (κ2) is 6.75. The van der Waals surface area contributed by atoms with E-state index in [4.69, 9.17) is 4.74 Å². The highest BCUT2D eigenvalue weighted by molar-refractivity contribution is 5.52. The van der Waals surface area contributed by atoms with Crippen molar-refractivity contribution in [2.75, 3.05) is 43.2 Å². The number of hydrogen-bond acceptors (Lipinski definition) is 5. The molecule has 5 heteroatoms. The Morgan fingerprint density at radius 1 is 1.18 bits per heavy atom. The van der Waals surface area contributed by atoms with Gasteiger partial charge >= 0.3 is 0 Å². The molecule has 22 heavy (non-hydrogen) atoms. The molecule has 3 rings (SSSR count). The molecule has 3 heterocycles. The first kappa shape index (κ1) is 14.8. The summed E-state index contributed by atoms with van der Waals surface area (Å²) in [4.78, 5) is 13.9. The van der Waals surface area contributed by atoms with Gasteiger partial charge in [0.2, 0.25) is 0 Å². The molecule has 0 amide bonds. The molecule has 0 N–H and O–H groups in total. The smallest absolute Gasteiger partial charge is 0.133 e. The molecule has 0 unspecified atom stereocenters. The fourth-order valence-electron chi connectivity index (χ4n) is 2.79. The highest BCUT2D eigenvalue weighted by atomic mass is 16.5. The van der Waals surface area contributed by atoms with Gasteiger partial charge in [-0.2, -0.15) is 0 Å². The van der Waals surface area contributed by atoms with Crippen molar-refractivity contribution in [1.82, 2.24) is 9.97 Å². The number of rotatable bonds is 4. The first-order valence-electron chi connectivity index (χ1n) is 7.64. The number of nitrogens with zero attached hydrogens (tertiary/aromatic N) is 4. The Balaban J connectivity index is 1.88. The molecule has 2 aromatic rings. The van der Waals surface area contributed by atoms with Crippen molar-refractivity contribution in [1.29, 1.82) is 0 Å². The van der Waals surface area contributed by atoms with Crippen LogP contribution >= 0.6 is 0 Å². The van der Waals surface area contributed by atoms with E-state index < -0.39 is 0 Å². The predicted molar refractivity (Wildman–Crippen MR) is 88.4 cm³/mol. The average molecular weight is 298 g/mol. The van der Waals surface area contributed by atoms with E-state index in [1.165, 1.54) is 5.56 Å². The van der Waals surface area contributed by atoms with Gasteiger partial charge in [0.15, 0.2) is 0 Å². The minimum Gasteiger partial charge on any atom is -0.383 e. The lowest BCUT2D eigenvalue weighted by atomic mass is 10.2. The van der Waals surface area contributed by atoms with Crippen molar-refractivity contribution in [2.24, 2.45) is 0 Å². The first-order valence-corrected chi connectivity index (χ1v) is 7.64. The summed E-state index contributed by atoms with van der Waals surface area (Å²) < 4.78 is 5.23. The number of fused-ring (bicyclic) bond motifs is 1. The highest BCUT2D eigenvalue weighted by Gasteiger charge is 2.21. The van der Waals surface area contributed by atoms with Gasteiger partial charge in [0, 0.05) is 50.7 Å². The number of pyridine rings is 2. The molecule has 0 atom stereocenters. The summed E-state index contributed by atoms with van der Waals surface area (Å²) >= 11 is 0. The first-order chi connectivity index (χ1) is 10.8. The molecule has 0 aliphatic carbocycles. The van der Waals surface area contributed by atoms with E-state index in [9.17, 15) is 0 Å². The fourth-order valence-corrected chi connectivity index (χ4v) is 2.79. The zero-order valence-corrected chi connectivity index (χ0v) is 13.2. The van der Waals surface area contributed by atoms with Crippen LogP contribution in [0.25, 0.3) is 0 Å². The largest absolute Gasteiger partial charge is 0.383 e. The fraction of sp³-hybridized carbons (Fsp3) is 0.412. The summed E-state index contributed by atoms with van der Waals surface area (Å²) in [5.74, 6) is 2.10. The third-order valence-corrected chi connectivity index (χ3v) is 3.93. The molecule has 0 bridgehead atoms. The Morgan fingerprint density at radius 3 is 2.91 bits per heavy atom. The molecule has 0 saturated carbocycles. The zero-order valence-electron chi connectivity index (χ0n) is 13.2. The van der Waals surface area contributed by atoms with E-state index in [1.54, 1.807) is 7.11 Å². The van der Waals surface area contributed by atoms with Crippen LogP contribution in [0.2, 0.25) is 0 Å². The number of methoxy groups -OCH3 is 1. The van der Waals surface area contributed by atoms with Crippen molar-refractivity contribution < 1.29 is 4.74 Å².